The minimum absolute atomic E-state index is 0.0904. The van der Waals surface area contributed by atoms with Crippen LogP contribution in [0.15, 0.2) is 65.1 Å². The van der Waals surface area contributed by atoms with E-state index >= 15 is 0 Å². The Bertz CT molecular complexity index is 1020. The molecule has 1 heterocycles. The first-order chi connectivity index (χ1) is 12.9. The molecule has 2 N–H and O–H groups in total. The number of nitrogens with one attached hydrogen (secondary N) is 1. The summed E-state index contributed by atoms with van der Waals surface area (Å²) in [5.74, 6) is -0.448. The Kier molecular flexibility index (Phi) is 5.64. The van der Waals surface area contributed by atoms with Crippen LogP contribution >= 0.6 is 23.2 Å². The van der Waals surface area contributed by atoms with Gasteiger partial charge in [-0.25, -0.2) is 4.79 Å². The van der Waals surface area contributed by atoms with Crippen molar-refractivity contribution in [2.24, 2.45) is 0 Å². The van der Waals surface area contributed by atoms with E-state index in [-0.39, 0.29) is 5.56 Å². The molecule has 5 nitrogen and oxygen atoms in total. The predicted octanol–water partition coefficient (Wildman–Crippen LogP) is 5.60. The van der Waals surface area contributed by atoms with Crippen LogP contribution < -0.4 is 5.32 Å². The summed E-state index contributed by atoms with van der Waals surface area (Å²) in [6.45, 7) is 0. The molecule has 0 aliphatic heterocycles. The molecule has 3 rings (SSSR count). The smallest absolute Gasteiger partial charge is 0.335 e. The van der Waals surface area contributed by atoms with Crippen LogP contribution in [-0.2, 0) is 4.79 Å². The van der Waals surface area contributed by atoms with Gasteiger partial charge in [0.2, 0.25) is 5.91 Å². The summed E-state index contributed by atoms with van der Waals surface area (Å²) in [6, 6.07) is 14.5. The van der Waals surface area contributed by atoms with Gasteiger partial charge in [-0.3, -0.25) is 4.79 Å². The van der Waals surface area contributed by atoms with Crippen molar-refractivity contribution in [3.8, 4) is 11.3 Å². The number of anilines is 1. The fraction of sp³-hybridized carbons (Fsp3) is 0. The van der Waals surface area contributed by atoms with E-state index in [1.54, 1.807) is 42.5 Å². The zero-order valence-electron chi connectivity index (χ0n) is 13.8. The Balaban J connectivity index is 1.69. The third kappa shape index (κ3) is 5.00. The van der Waals surface area contributed by atoms with Crippen LogP contribution in [0, 0.1) is 0 Å². The van der Waals surface area contributed by atoms with Crippen molar-refractivity contribution >= 4 is 46.8 Å². The molecule has 27 heavy (non-hydrogen) atoms. The van der Waals surface area contributed by atoms with Gasteiger partial charge in [0.05, 0.1) is 5.56 Å². The van der Waals surface area contributed by atoms with Crippen molar-refractivity contribution in [3.63, 3.8) is 0 Å². The van der Waals surface area contributed by atoms with Gasteiger partial charge in [0.15, 0.2) is 0 Å². The summed E-state index contributed by atoms with van der Waals surface area (Å²) in [5.41, 5.74) is 1.20. The van der Waals surface area contributed by atoms with E-state index in [0.29, 0.717) is 27.3 Å². The number of halogens is 2. The highest BCUT2D eigenvalue weighted by atomic mass is 35.5. The highest BCUT2D eigenvalue weighted by molar-refractivity contribution is 6.35. The van der Waals surface area contributed by atoms with Crippen LogP contribution in [0.3, 0.4) is 0 Å². The van der Waals surface area contributed by atoms with Gasteiger partial charge < -0.3 is 14.8 Å². The number of hydrogen-bond donors (Lipinski definition) is 2. The number of carbonyl (C=O) groups is 2. The van der Waals surface area contributed by atoms with Gasteiger partial charge in [0.25, 0.3) is 0 Å². The van der Waals surface area contributed by atoms with Gasteiger partial charge in [-0.1, -0.05) is 29.3 Å². The Morgan fingerprint density at radius 3 is 2.44 bits per heavy atom. The predicted molar refractivity (Wildman–Crippen MR) is 105 cm³/mol. The molecule has 0 spiro atoms. The first-order valence-corrected chi connectivity index (χ1v) is 8.55. The molecular formula is C20H13Cl2NO4. The van der Waals surface area contributed by atoms with Crippen LogP contribution in [0.1, 0.15) is 16.1 Å². The second-order valence-corrected chi connectivity index (χ2v) is 6.44. The number of rotatable bonds is 5. The van der Waals surface area contributed by atoms with E-state index < -0.39 is 11.9 Å². The molecule has 0 unspecified atom stereocenters. The van der Waals surface area contributed by atoms with Crippen LogP contribution in [0.2, 0.25) is 10.0 Å². The largest absolute Gasteiger partial charge is 0.478 e. The lowest BCUT2D eigenvalue weighted by atomic mass is 10.2. The molecule has 0 saturated carbocycles. The van der Waals surface area contributed by atoms with Gasteiger partial charge in [-0.2, -0.15) is 0 Å². The number of carboxylic acids is 1. The van der Waals surface area contributed by atoms with E-state index in [2.05, 4.69) is 5.32 Å². The van der Waals surface area contributed by atoms with Crippen LogP contribution in [-0.4, -0.2) is 17.0 Å². The highest BCUT2D eigenvalue weighted by Gasteiger charge is 2.07. The average molecular weight is 402 g/mol. The third-order valence-corrected chi connectivity index (χ3v) is 3.99. The molecule has 0 aliphatic carbocycles. The molecule has 0 radical (unpaired) electrons. The van der Waals surface area contributed by atoms with E-state index in [1.807, 2.05) is 0 Å². The number of carbonyl (C=O) groups excluding carboxylic acids is 1. The lowest BCUT2D eigenvalue weighted by Gasteiger charge is -2.02. The lowest BCUT2D eigenvalue weighted by molar-refractivity contribution is -0.111. The number of carboxylic acid groups (broad SMARTS) is 1. The summed E-state index contributed by atoms with van der Waals surface area (Å²) >= 11 is 12.0. The van der Waals surface area contributed by atoms with E-state index in [9.17, 15) is 9.59 Å². The second kappa shape index (κ2) is 8.12. The minimum Gasteiger partial charge on any atom is -0.478 e. The zero-order chi connectivity index (χ0) is 19.4. The van der Waals surface area contributed by atoms with Gasteiger partial charge in [-0.05, 0) is 54.6 Å². The lowest BCUT2D eigenvalue weighted by Crippen LogP contribution is -2.08. The Morgan fingerprint density at radius 2 is 1.74 bits per heavy atom. The maximum absolute atomic E-state index is 12.0. The van der Waals surface area contributed by atoms with E-state index in [4.69, 9.17) is 32.7 Å². The molecule has 7 heteroatoms. The number of benzene rings is 2. The van der Waals surface area contributed by atoms with Crippen molar-refractivity contribution in [2.45, 2.75) is 0 Å². The highest BCUT2D eigenvalue weighted by Crippen LogP contribution is 2.28. The standard InChI is InChI=1S/C20H13Cl2NO4/c21-14-8-13(9-15(22)11-14)18-6-4-17(27-18)5-7-19(24)23-16-3-1-2-12(10-16)20(25)26/h1-11H,(H,23,24)(H,25,26)/b7-5+. The molecule has 2 aromatic carbocycles. The maximum Gasteiger partial charge on any atom is 0.335 e. The number of aromatic carboxylic acids is 1. The molecular weight excluding hydrogens is 389 g/mol. The van der Waals surface area contributed by atoms with Gasteiger partial charge >= 0.3 is 5.97 Å². The molecule has 0 fully saturated rings. The van der Waals surface area contributed by atoms with E-state index in [0.717, 1.165) is 5.56 Å². The van der Waals surface area contributed by atoms with Crippen molar-refractivity contribution < 1.29 is 19.1 Å². The number of amides is 1. The molecule has 136 valence electrons. The summed E-state index contributed by atoms with van der Waals surface area (Å²) in [7, 11) is 0. The quantitative estimate of drug-likeness (QED) is 0.544. The summed E-state index contributed by atoms with van der Waals surface area (Å²) in [4.78, 5) is 23.0. The molecule has 0 bridgehead atoms. The van der Waals surface area contributed by atoms with Gasteiger partial charge in [0, 0.05) is 27.4 Å². The van der Waals surface area contributed by atoms with Crippen molar-refractivity contribution in [2.75, 3.05) is 5.32 Å². The molecule has 1 amide bonds. The fourth-order valence-electron chi connectivity index (χ4n) is 2.37. The first kappa shape index (κ1) is 18.8. The van der Waals surface area contributed by atoms with Crippen molar-refractivity contribution in [3.05, 3.63) is 82.0 Å². The maximum atomic E-state index is 12.0. The van der Waals surface area contributed by atoms with Gasteiger partial charge in [-0.15, -0.1) is 0 Å². The van der Waals surface area contributed by atoms with Crippen molar-refractivity contribution in [1.29, 1.82) is 0 Å². The monoisotopic (exact) mass is 401 g/mol. The Labute approximate surface area is 164 Å². The number of hydrogen-bond acceptors (Lipinski definition) is 3. The Morgan fingerprint density at radius 1 is 1.00 bits per heavy atom. The topological polar surface area (TPSA) is 79.5 Å². The molecule has 3 aromatic rings. The average Bonchev–Trinajstić information content (AvgIpc) is 3.08. The van der Waals surface area contributed by atoms with Crippen LogP contribution in [0.4, 0.5) is 5.69 Å². The van der Waals surface area contributed by atoms with Gasteiger partial charge in [0.1, 0.15) is 11.5 Å². The second-order valence-electron chi connectivity index (χ2n) is 5.57. The van der Waals surface area contributed by atoms with E-state index in [1.165, 1.54) is 24.3 Å². The molecule has 0 atom stereocenters. The minimum atomic E-state index is -1.06. The zero-order valence-corrected chi connectivity index (χ0v) is 15.3. The first-order valence-electron chi connectivity index (χ1n) is 7.79. The Hall–Kier alpha value is -3.02. The summed E-state index contributed by atoms with van der Waals surface area (Å²) in [6.07, 6.45) is 2.80. The molecule has 0 aliphatic rings. The summed E-state index contributed by atoms with van der Waals surface area (Å²) in [5, 5.41) is 12.6. The normalized spacial score (nSPS) is 10.9. The SMILES string of the molecule is O=C(/C=C/c1ccc(-c2cc(Cl)cc(Cl)c2)o1)Nc1cccc(C(=O)O)c1. The molecule has 0 saturated heterocycles. The molecule has 1 aromatic heterocycles. The van der Waals surface area contributed by atoms with Crippen molar-refractivity contribution in [1.82, 2.24) is 0 Å². The fourth-order valence-corrected chi connectivity index (χ4v) is 2.89. The van der Waals surface area contributed by atoms with Crippen LogP contribution in [0.25, 0.3) is 17.4 Å². The van der Waals surface area contributed by atoms with Crippen LogP contribution in [0.5, 0.6) is 0 Å². The summed E-state index contributed by atoms with van der Waals surface area (Å²) < 4.78 is 5.67. The third-order valence-electron chi connectivity index (χ3n) is 3.55. The number of furan rings is 1.